The van der Waals surface area contributed by atoms with Gasteiger partial charge >= 0.3 is 5.97 Å². The minimum Gasteiger partial charge on any atom is -0.481 e. The zero-order valence-corrected chi connectivity index (χ0v) is 14.6. The van der Waals surface area contributed by atoms with Crippen LogP contribution in [0.2, 0.25) is 0 Å². The third-order valence-corrected chi connectivity index (χ3v) is 6.02. The number of hydrogen-bond donors (Lipinski definition) is 2. The monoisotopic (exact) mass is 359 g/mol. The largest absolute Gasteiger partial charge is 0.481 e. The van der Waals surface area contributed by atoms with Crippen molar-refractivity contribution >= 4 is 16.0 Å². The van der Waals surface area contributed by atoms with Crippen molar-refractivity contribution in [2.75, 3.05) is 6.54 Å². The third-order valence-electron chi connectivity index (χ3n) is 4.54. The van der Waals surface area contributed by atoms with E-state index in [1.165, 1.54) is 11.1 Å². The van der Waals surface area contributed by atoms with Crippen molar-refractivity contribution in [1.29, 1.82) is 0 Å². The molecule has 0 saturated carbocycles. The highest BCUT2D eigenvalue weighted by Crippen LogP contribution is 2.29. The number of carboxylic acid groups (broad SMARTS) is 1. The zero-order chi connectivity index (χ0) is 17.9. The molecule has 0 fully saturated rings. The normalized spacial score (nSPS) is 16.6. The van der Waals surface area contributed by atoms with Crippen LogP contribution in [0.25, 0.3) is 0 Å². The Morgan fingerprint density at radius 2 is 1.80 bits per heavy atom. The summed E-state index contributed by atoms with van der Waals surface area (Å²) in [4.78, 5) is 11.1. The average molecular weight is 359 g/mol. The van der Waals surface area contributed by atoms with Crippen molar-refractivity contribution in [1.82, 2.24) is 4.72 Å². The number of carbonyl (C=O) groups is 1. The van der Waals surface area contributed by atoms with Crippen molar-refractivity contribution in [3.05, 3.63) is 65.2 Å². The quantitative estimate of drug-likeness (QED) is 0.795. The smallest absolute Gasteiger partial charge is 0.307 e. The fraction of sp³-hybridized carbons (Fsp3) is 0.316. The SMILES string of the molecule is O=C(O)Cc1ccc2c(c1)CC(CCNS(=O)(=O)c1ccccc1)C2. The summed E-state index contributed by atoms with van der Waals surface area (Å²) in [6, 6.07) is 14.2. The van der Waals surface area contributed by atoms with Gasteiger partial charge in [0.1, 0.15) is 0 Å². The lowest BCUT2D eigenvalue weighted by Crippen LogP contribution is -2.26. The predicted octanol–water partition coefficient (Wildman–Crippen LogP) is 2.40. The van der Waals surface area contributed by atoms with E-state index in [0.717, 1.165) is 24.8 Å². The van der Waals surface area contributed by atoms with Gasteiger partial charge in [-0.3, -0.25) is 4.79 Å². The van der Waals surface area contributed by atoms with Gasteiger partial charge in [0, 0.05) is 6.54 Å². The van der Waals surface area contributed by atoms with Crippen LogP contribution in [0.3, 0.4) is 0 Å². The standard InChI is InChI=1S/C19H21NO4S/c21-19(22)13-14-6-7-16-10-15(12-17(16)11-14)8-9-20-25(23,24)18-4-2-1-3-5-18/h1-7,11,15,20H,8-10,12-13H2,(H,21,22). The molecular weight excluding hydrogens is 338 g/mol. The Balaban J connectivity index is 1.54. The van der Waals surface area contributed by atoms with Gasteiger partial charge in [0.15, 0.2) is 0 Å². The lowest BCUT2D eigenvalue weighted by molar-refractivity contribution is -0.136. The third kappa shape index (κ3) is 4.46. The fourth-order valence-electron chi connectivity index (χ4n) is 3.33. The number of benzene rings is 2. The van der Waals surface area contributed by atoms with Crippen LogP contribution in [0, 0.1) is 5.92 Å². The Morgan fingerprint density at radius 1 is 1.08 bits per heavy atom. The van der Waals surface area contributed by atoms with Crippen LogP contribution in [0.4, 0.5) is 0 Å². The number of fused-ring (bicyclic) bond motifs is 1. The van der Waals surface area contributed by atoms with Crippen LogP contribution in [0.5, 0.6) is 0 Å². The van der Waals surface area contributed by atoms with E-state index in [0.29, 0.717) is 12.5 Å². The average Bonchev–Trinajstić information content (AvgIpc) is 2.97. The Bertz CT molecular complexity index is 862. The molecule has 0 radical (unpaired) electrons. The number of rotatable bonds is 7. The van der Waals surface area contributed by atoms with Gasteiger partial charge in [-0.1, -0.05) is 36.4 Å². The van der Waals surface area contributed by atoms with Crippen molar-refractivity contribution in [2.45, 2.75) is 30.6 Å². The Labute approximate surface area is 147 Å². The van der Waals surface area contributed by atoms with Crippen LogP contribution in [0.15, 0.2) is 53.4 Å². The zero-order valence-electron chi connectivity index (χ0n) is 13.8. The second kappa shape index (κ2) is 7.37. The van der Waals surface area contributed by atoms with E-state index in [-0.39, 0.29) is 11.3 Å². The van der Waals surface area contributed by atoms with Crippen LogP contribution in [-0.2, 0) is 34.1 Å². The van der Waals surface area contributed by atoms with E-state index in [4.69, 9.17) is 5.11 Å². The summed E-state index contributed by atoms with van der Waals surface area (Å²) in [7, 11) is -3.45. The first kappa shape index (κ1) is 17.6. The number of nitrogens with one attached hydrogen (secondary N) is 1. The summed E-state index contributed by atoms with van der Waals surface area (Å²) in [5.74, 6) is -0.446. The molecule has 0 spiro atoms. The van der Waals surface area contributed by atoms with Gasteiger partial charge in [-0.25, -0.2) is 13.1 Å². The fourth-order valence-corrected chi connectivity index (χ4v) is 4.40. The summed E-state index contributed by atoms with van der Waals surface area (Å²) >= 11 is 0. The Hall–Kier alpha value is -2.18. The minimum absolute atomic E-state index is 0.0365. The molecule has 3 rings (SSSR count). The van der Waals surface area contributed by atoms with Crippen LogP contribution in [-0.4, -0.2) is 26.0 Å². The molecule has 1 atom stereocenters. The molecule has 1 unspecified atom stereocenters. The summed E-state index contributed by atoms with van der Waals surface area (Å²) in [6.07, 6.45) is 2.58. The van der Waals surface area contributed by atoms with E-state index >= 15 is 0 Å². The minimum atomic E-state index is -3.45. The molecule has 0 aromatic heterocycles. The lowest BCUT2D eigenvalue weighted by Gasteiger charge is -2.10. The van der Waals surface area contributed by atoms with Crippen molar-refractivity contribution in [3.8, 4) is 0 Å². The predicted molar refractivity (Wildman–Crippen MR) is 94.9 cm³/mol. The van der Waals surface area contributed by atoms with E-state index in [9.17, 15) is 13.2 Å². The molecule has 132 valence electrons. The van der Waals surface area contributed by atoms with Gasteiger partial charge in [0.05, 0.1) is 11.3 Å². The molecule has 0 saturated heterocycles. The van der Waals surface area contributed by atoms with Gasteiger partial charge in [-0.15, -0.1) is 0 Å². The maximum Gasteiger partial charge on any atom is 0.307 e. The van der Waals surface area contributed by atoms with Gasteiger partial charge in [-0.05, 0) is 54.0 Å². The van der Waals surface area contributed by atoms with Crippen LogP contribution >= 0.6 is 0 Å². The van der Waals surface area contributed by atoms with Gasteiger partial charge in [0.2, 0.25) is 10.0 Å². The Kier molecular flexibility index (Phi) is 5.20. The van der Waals surface area contributed by atoms with Crippen LogP contribution < -0.4 is 4.72 Å². The summed E-state index contributed by atoms with van der Waals surface area (Å²) in [5.41, 5.74) is 3.25. The molecule has 0 amide bonds. The molecular formula is C19H21NO4S. The molecule has 1 aliphatic rings. The highest BCUT2D eigenvalue weighted by molar-refractivity contribution is 7.89. The number of aliphatic carboxylic acids is 1. The van der Waals surface area contributed by atoms with Crippen molar-refractivity contribution < 1.29 is 18.3 Å². The second-order valence-corrected chi connectivity index (χ2v) is 8.21. The number of hydrogen-bond acceptors (Lipinski definition) is 3. The van der Waals surface area contributed by atoms with E-state index in [2.05, 4.69) is 4.72 Å². The number of sulfonamides is 1. The first-order valence-electron chi connectivity index (χ1n) is 8.31. The van der Waals surface area contributed by atoms with E-state index < -0.39 is 16.0 Å². The Morgan fingerprint density at radius 3 is 2.52 bits per heavy atom. The molecule has 0 heterocycles. The first-order valence-corrected chi connectivity index (χ1v) is 9.79. The summed E-state index contributed by atoms with van der Waals surface area (Å²) < 4.78 is 27.1. The maximum absolute atomic E-state index is 12.2. The number of carboxylic acids is 1. The van der Waals surface area contributed by atoms with E-state index in [1.807, 2.05) is 18.2 Å². The van der Waals surface area contributed by atoms with Gasteiger partial charge in [-0.2, -0.15) is 0 Å². The maximum atomic E-state index is 12.2. The summed E-state index contributed by atoms with van der Waals surface area (Å²) in [6.45, 7) is 0.401. The van der Waals surface area contributed by atoms with Gasteiger partial charge in [0.25, 0.3) is 0 Å². The van der Waals surface area contributed by atoms with Gasteiger partial charge < -0.3 is 5.11 Å². The molecule has 0 aliphatic heterocycles. The highest BCUT2D eigenvalue weighted by Gasteiger charge is 2.22. The molecule has 6 heteroatoms. The molecule has 25 heavy (non-hydrogen) atoms. The second-order valence-electron chi connectivity index (χ2n) is 6.45. The van der Waals surface area contributed by atoms with Crippen molar-refractivity contribution in [3.63, 3.8) is 0 Å². The van der Waals surface area contributed by atoms with Crippen molar-refractivity contribution in [2.24, 2.45) is 5.92 Å². The molecule has 2 aromatic rings. The highest BCUT2D eigenvalue weighted by atomic mass is 32.2. The topological polar surface area (TPSA) is 83.5 Å². The van der Waals surface area contributed by atoms with Crippen LogP contribution in [0.1, 0.15) is 23.1 Å². The van der Waals surface area contributed by atoms with E-state index in [1.54, 1.807) is 30.3 Å². The first-order chi connectivity index (χ1) is 11.9. The molecule has 2 aromatic carbocycles. The molecule has 5 nitrogen and oxygen atoms in total. The summed E-state index contributed by atoms with van der Waals surface area (Å²) in [5, 5.41) is 8.89. The lowest BCUT2D eigenvalue weighted by atomic mass is 10.0. The molecule has 2 N–H and O–H groups in total. The molecule has 1 aliphatic carbocycles. The molecule has 0 bridgehead atoms.